The lowest BCUT2D eigenvalue weighted by atomic mass is 10.2. The van der Waals surface area contributed by atoms with Gasteiger partial charge in [-0.1, -0.05) is 0 Å². The normalized spacial score (nSPS) is 13.8. The summed E-state index contributed by atoms with van der Waals surface area (Å²) in [7, 11) is 3.08. The first-order valence-corrected chi connectivity index (χ1v) is 8.10. The molecule has 0 saturated heterocycles. The number of carbonyl (C=O) groups is 2. The minimum atomic E-state index is -0.290. The van der Waals surface area contributed by atoms with Crippen LogP contribution in [0.4, 0.5) is 0 Å². The molecule has 19 heavy (non-hydrogen) atoms. The van der Waals surface area contributed by atoms with Gasteiger partial charge < -0.3 is 9.64 Å². The van der Waals surface area contributed by atoms with Crippen LogP contribution in [0.25, 0.3) is 0 Å². The molecule has 1 aliphatic heterocycles. The lowest BCUT2D eigenvalue weighted by molar-refractivity contribution is -0.140. The van der Waals surface area contributed by atoms with Crippen molar-refractivity contribution in [1.29, 1.82) is 0 Å². The standard InChI is InChI=1S/C13H17NO3S2/c1-14(5-3-12(15)17-2)13(16)11-7-9-8-18-6-4-10(9)19-11/h7H,3-6,8H2,1-2H3. The molecule has 6 heteroatoms. The summed E-state index contributed by atoms with van der Waals surface area (Å²) in [6.07, 6.45) is 1.30. The number of aryl methyl sites for hydroxylation is 1. The van der Waals surface area contributed by atoms with E-state index in [2.05, 4.69) is 4.74 Å². The van der Waals surface area contributed by atoms with Gasteiger partial charge in [0.15, 0.2) is 0 Å². The number of hydrogen-bond acceptors (Lipinski definition) is 5. The van der Waals surface area contributed by atoms with Crippen molar-refractivity contribution < 1.29 is 14.3 Å². The summed E-state index contributed by atoms with van der Waals surface area (Å²) in [5.41, 5.74) is 1.30. The Morgan fingerprint density at radius 1 is 1.47 bits per heavy atom. The maximum Gasteiger partial charge on any atom is 0.307 e. The Balaban J connectivity index is 1.98. The number of amides is 1. The molecule has 1 aliphatic rings. The van der Waals surface area contributed by atoms with Crippen molar-refractivity contribution in [2.75, 3.05) is 26.5 Å². The average molecular weight is 299 g/mol. The van der Waals surface area contributed by atoms with Crippen LogP contribution in [-0.2, 0) is 21.7 Å². The SMILES string of the molecule is COC(=O)CCN(C)C(=O)c1cc2c(s1)CCSC2. The Hall–Kier alpha value is -1.01. The molecule has 0 aliphatic carbocycles. The third kappa shape index (κ3) is 3.51. The maximum absolute atomic E-state index is 12.2. The summed E-state index contributed by atoms with van der Waals surface area (Å²) in [5.74, 6) is 1.85. The topological polar surface area (TPSA) is 46.6 Å². The highest BCUT2D eigenvalue weighted by Crippen LogP contribution is 2.32. The zero-order valence-corrected chi connectivity index (χ0v) is 12.7. The third-order valence-corrected chi connectivity index (χ3v) is 5.30. The molecule has 1 aromatic heterocycles. The first-order valence-electron chi connectivity index (χ1n) is 6.13. The van der Waals surface area contributed by atoms with Gasteiger partial charge in [0.1, 0.15) is 0 Å². The van der Waals surface area contributed by atoms with E-state index in [0.717, 1.165) is 22.8 Å². The van der Waals surface area contributed by atoms with Crippen molar-refractivity contribution in [3.63, 3.8) is 0 Å². The van der Waals surface area contributed by atoms with Crippen LogP contribution in [0, 0.1) is 0 Å². The molecule has 0 atom stereocenters. The predicted octanol–water partition coefficient (Wildman–Crippen LogP) is 2.17. The maximum atomic E-state index is 12.2. The van der Waals surface area contributed by atoms with E-state index >= 15 is 0 Å². The molecule has 1 aromatic rings. The van der Waals surface area contributed by atoms with E-state index in [4.69, 9.17) is 0 Å². The number of thioether (sulfide) groups is 1. The molecule has 0 spiro atoms. The van der Waals surface area contributed by atoms with Crippen LogP contribution in [0.1, 0.15) is 26.5 Å². The van der Waals surface area contributed by atoms with E-state index in [9.17, 15) is 9.59 Å². The fraction of sp³-hybridized carbons (Fsp3) is 0.538. The second-order valence-electron chi connectivity index (χ2n) is 4.41. The van der Waals surface area contributed by atoms with Crippen LogP contribution in [0.5, 0.6) is 0 Å². The van der Waals surface area contributed by atoms with Crippen molar-refractivity contribution in [2.24, 2.45) is 0 Å². The highest BCUT2D eigenvalue weighted by Gasteiger charge is 2.20. The van der Waals surface area contributed by atoms with Gasteiger partial charge in [-0.2, -0.15) is 11.8 Å². The van der Waals surface area contributed by atoms with Gasteiger partial charge in [0.25, 0.3) is 5.91 Å². The number of fused-ring (bicyclic) bond motifs is 1. The van der Waals surface area contributed by atoms with Crippen LogP contribution < -0.4 is 0 Å². The highest BCUT2D eigenvalue weighted by molar-refractivity contribution is 7.98. The lowest BCUT2D eigenvalue weighted by Crippen LogP contribution is -2.28. The fourth-order valence-corrected chi connectivity index (χ4v) is 4.27. The summed E-state index contributed by atoms with van der Waals surface area (Å²) >= 11 is 3.50. The second kappa shape index (κ2) is 6.43. The highest BCUT2D eigenvalue weighted by atomic mass is 32.2. The molecule has 0 unspecified atom stereocenters. The molecular weight excluding hydrogens is 282 g/mol. The van der Waals surface area contributed by atoms with E-state index in [1.54, 1.807) is 23.3 Å². The Bertz CT molecular complexity index is 461. The van der Waals surface area contributed by atoms with Crippen molar-refractivity contribution in [1.82, 2.24) is 4.90 Å². The molecule has 2 heterocycles. The number of carbonyl (C=O) groups excluding carboxylic acids is 2. The number of esters is 1. The van der Waals surface area contributed by atoms with Gasteiger partial charge >= 0.3 is 5.97 Å². The molecule has 0 saturated carbocycles. The van der Waals surface area contributed by atoms with Gasteiger partial charge in [-0.3, -0.25) is 9.59 Å². The first-order chi connectivity index (χ1) is 9.11. The fourth-order valence-electron chi connectivity index (χ4n) is 1.90. The summed E-state index contributed by atoms with van der Waals surface area (Å²) in [6, 6.07) is 2.00. The van der Waals surface area contributed by atoms with E-state index < -0.39 is 0 Å². The predicted molar refractivity (Wildman–Crippen MR) is 77.8 cm³/mol. The van der Waals surface area contributed by atoms with E-state index in [1.165, 1.54) is 17.6 Å². The van der Waals surface area contributed by atoms with E-state index in [0.29, 0.717) is 6.54 Å². The van der Waals surface area contributed by atoms with Gasteiger partial charge in [0, 0.05) is 24.2 Å². The minimum absolute atomic E-state index is 0.00620. The van der Waals surface area contributed by atoms with Gasteiger partial charge in [-0.05, 0) is 23.8 Å². The van der Waals surface area contributed by atoms with E-state index in [1.807, 2.05) is 17.8 Å². The van der Waals surface area contributed by atoms with Crippen LogP contribution in [0.15, 0.2) is 6.07 Å². The summed E-state index contributed by atoms with van der Waals surface area (Å²) in [5, 5.41) is 0. The van der Waals surface area contributed by atoms with Crippen molar-refractivity contribution in [3.05, 3.63) is 21.4 Å². The molecular formula is C13H17NO3S2. The molecule has 104 valence electrons. The zero-order chi connectivity index (χ0) is 13.8. The number of rotatable bonds is 4. The Labute approximate surface area is 121 Å². The minimum Gasteiger partial charge on any atom is -0.469 e. The molecule has 1 amide bonds. The smallest absolute Gasteiger partial charge is 0.307 e. The van der Waals surface area contributed by atoms with Gasteiger partial charge in [-0.15, -0.1) is 11.3 Å². The van der Waals surface area contributed by atoms with Crippen LogP contribution in [0.3, 0.4) is 0 Å². The molecule has 0 N–H and O–H groups in total. The third-order valence-electron chi connectivity index (χ3n) is 3.06. The second-order valence-corrected chi connectivity index (χ2v) is 6.66. The summed E-state index contributed by atoms with van der Waals surface area (Å²) < 4.78 is 4.58. The molecule has 0 radical (unpaired) electrons. The zero-order valence-electron chi connectivity index (χ0n) is 11.1. The first kappa shape index (κ1) is 14.4. The Morgan fingerprint density at radius 2 is 2.26 bits per heavy atom. The summed E-state index contributed by atoms with van der Waals surface area (Å²) in [6.45, 7) is 0.392. The van der Waals surface area contributed by atoms with Crippen molar-refractivity contribution in [3.8, 4) is 0 Å². The number of hydrogen-bond donors (Lipinski definition) is 0. The van der Waals surface area contributed by atoms with Crippen molar-refractivity contribution in [2.45, 2.75) is 18.6 Å². The van der Waals surface area contributed by atoms with Gasteiger partial charge in [0.05, 0.1) is 18.4 Å². The average Bonchev–Trinajstić information content (AvgIpc) is 2.87. The molecule has 0 fully saturated rings. The molecule has 0 aromatic carbocycles. The van der Waals surface area contributed by atoms with E-state index in [-0.39, 0.29) is 18.3 Å². The lowest BCUT2D eigenvalue weighted by Gasteiger charge is -2.15. The largest absolute Gasteiger partial charge is 0.469 e. The van der Waals surface area contributed by atoms with Gasteiger partial charge in [-0.25, -0.2) is 0 Å². The number of thiophene rings is 1. The summed E-state index contributed by atoms with van der Waals surface area (Å²) in [4.78, 5) is 27.0. The van der Waals surface area contributed by atoms with Crippen LogP contribution in [0.2, 0.25) is 0 Å². The molecule has 2 rings (SSSR count). The van der Waals surface area contributed by atoms with Crippen molar-refractivity contribution >= 4 is 35.0 Å². The number of methoxy groups -OCH3 is 1. The Kier molecular flexibility index (Phi) is 4.87. The number of ether oxygens (including phenoxy) is 1. The van der Waals surface area contributed by atoms with Crippen LogP contribution >= 0.6 is 23.1 Å². The Morgan fingerprint density at radius 3 is 2.95 bits per heavy atom. The monoisotopic (exact) mass is 299 g/mol. The molecule has 4 nitrogen and oxygen atoms in total. The van der Waals surface area contributed by atoms with Gasteiger partial charge in [0.2, 0.25) is 0 Å². The number of nitrogens with zero attached hydrogens (tertiary/aromatic N) is 1. The van der Waals surface area contributed by atoms with Crippen LogP contribution in [-0.4, -0.2) is 43.2 Å². The quantitative estimate of drug-likeness (QED) is 0.800. The molecule has 0 bridgehead atoms.